The Morgan fingerprint density at radius 1 is 1.36 bits per heavy atom. The number of aryl methyl sites for hydroxylation is 1. The second kappa shape index (κ2) is 3.30. The first-order valence-corrected chi connectivity index (χ1v) is 3.53. The van der Waals surface area contributed by atoms with Crippen LogP contribution in [0, 0.1) is 18.8 Å². The monoisotopic (exact) mass is 140 g/mol. The highest BCUT2D eigenvalue weighted by Crippen LogP contribution is 1.98. The summed E-state index contributed by atoms with van der Waals surface area (Å²) in [5.74, 6) is 5.76. The molecule has 1 rings (SSSR count). The molecule has 11 heavy (non-hydrogen) atoms. The molecule has 0 saturated carbocycles. The first-order chi connectivity index (χ1) is 5.24. The quantitative estimate of drug-likeness (QED) is 0.374. The van der Waals surface area contributed by atoms with Crippen molar-refractivity contribution in [2.45, 2.75) is 13.8 Å². The van der Waals surface area contributed by atoms with Gasteiger partial charge in [0.25, 0.3) is 0 Å². The van der Waals surface area contributed by atoms with Crippen molar-refractivity contribution >= 4 is 13.3 Å². The van der Waals surface area contributed by atoms with Crippen LogP contribution in [0.3, 0.4) is 0 Å². The van der Waals surface area contributed by atoms with Gasteiger partial charge in [-0.1, -0.05) is 23.5 Å². The van der Waals surface area contributed by atoms with Crippen LogP contribution in [0.4, 0.5) is 0 Å². The lowest BCUT2D eigenvalue weighted by molar-refractivity contribution is 1.47. The van der Waals surface area contributed by atoms with Gasteiger partial charge in [0.15, 0.2) is 0 Å². The summed E-state index contributed by atoms with van der Waals surface area (Å²) in [4.78, 5) is 0. The fraction of sp³-hybridized carbons (Fsp3) is 0.200. The Bertz CT molecular complexity index is 315. The molecule has 0 heterocycles. The first kappa shape index (κ1) is 7.95. The highest BCUT2D eigenvalue weighted by Gasteiger charge is 1.92. The topological polar surface area (TPSA) is 0 Å². The molecule has 0 saturated heterocycles. The van der Waals surface area contributed by atoms with Gasteiger partial charge in [-0.3, -0.25) is 0 Å². The van der Waals surface area contributed by atoms with Crippen molar-refractivity contribution in [1.82, 2.24) is 0 Å². The predicted octanol–water partition coefficient (Wildman–Crippen LogP) is 1.16. The lowest BCUT2D eigenvalue weighted by Crippen LogP contribution is -2.06. The van der Waals surface area contributed by atoms with Crippen LogP contribution in [0.5, 0.6) is 0 Å². The van der Waals surface area contributed by atoms with Crippen LogP contribution in [0.1, 0.15) is 18.1 Å². The number of benzene rings is 1. The van der Waals surface area contributed by atoms with Crippen molar-refractivity contribution in [3.05, 3.63) is 29.3 Å². The zero-order valence-corrected chi connectivity index (χ0v) is 6.81. The highest BCUT2D eigenvalue weighted by atomic mass is 13.9. The molecule has 1 aromatic carbocycles. The van der Waals surface area contributed by atoms with Crippen molar-refractivity contribution in [2.75, 3.05) is 0 Å². The fourth-order valence-corrected chi connectivity index (χ4v) is 0.913. The normalized spacial score (nSPS) is 8.55. The summed E-state index contributed by atoms with van der Waals surface area (Å²) in [7, 11) is 5.67. The zero-order valence-electron chi connectivity index (χ0n) is 6.81. The van der Waals surface area contributed by atoms with Crippen molar-refractivity contribution in [2.24, 2.45) is 0 Å². The van der Waals surface area contributed by atoms with Gasteiger partial charge in [0, 0.05) is 5.56 Å². The van der Waals surface area contributed by atoms with Gasteiger partial charge in [-0.05, 0) is 25.5 Å². The van der Waals surface area contributed by atoms with Crippen LogP contribution in [0.15, 0.2) is 18.2 Å². The van der Waals surface area contributed by atoms with Gasteiger partial charge < -0.3 is 0 Å². The summed E-state index contributed by atoms with van der Waals surface area (Å²) in [5.41, 5.74) is 2.87. The number of hydrogen-bond acceptors (Lipinski definition) is 0. The maximum absolute atomic E-state index is 5.67. The Morgan fingerprint density at radius 2 is 2.09 bits per heavy atom. The summed E-state index contributed by atoms with van der Waals surface area (Å²) in [6.45, 7) is 3.84. The van der Waals surface area contributed by atoms with E-state index >= 15 is 0 Å². The van der Waals surface area contributed by atoms with E-state index in [0.717, 1.165) is 11.0 Å². The molecule has 0 atom stereocenters. The van der Waals surface area contributed by atoms with Gasteiger partial charge in [0.2, 0.25) is 0 Å². The van der Waals surface area contributed by atoms with E-state index in [4.69, 9.17) is 7.85 Å². The molecular weight excluding hydrogens is 131 g/mol. The van der Waals surface area contributed by atoms with Crippen molar-refractivity contribution in [3.63, 3.8) is 0 Å². The van der Waals surface area contributed by atoms with Crippen LogP contribution < -0.4 is 5.46 Å². The number of rotatable bonds is 0. The van der Waals surface area contributed by atoms with Crippen LogP contribution in [0.2, 0.25) is 0 Å². The SMILES string of the molecule is [B]c1ccc(C)cc1C#CC. The molecule has 0 aliphatic carbocycles. The standard InChI is InChI=1S/C10H9B/c1-3-4-9-7-8(2)5-6-10(9)11/h5-7H,1-2H3. The Morgan fingerprint density at radius 3 is 2.73 bits per heavy atom. The van der Waals surface area contributed by atoms with Gasteiger partial charge in [-0.2, -0.15) is 0 Å². The minimum Gasteiger partial charge on any atom is -0.101 e. The third kappa shape index (κ3) is 1.88. The second-order valence-electron chi connectivity index (χ2n) is 2.47. The van der Waals surface area contributed by atoms with Gasteiger partial charge in [-0.25, -0.2) is 0 Å². The van der Waals surface area contributed by atoms with E-state index in [0.29, 0.717) is 0 Å². The molecule has 0 bridgehead atoms. The minimum absolute atomic E-state index is 0.755. The van der Waals surface area contributed by atoms with Gasteiger partial charge in [0.05, 0.1) is 0 Å². The largest absolute Gasteiger partial charge is 0.115 e. The molecule has 0 N–H and O–H groups in total. The molecule has 0 aromatic heterocycles. The van der Waals surface area contributed by atoms with Gasteiger partial charge in [-0.15, -0.1) is 5.92 Å². The maximum atomic E-state index is 5.67. The molecule has 0 unspecified atom stereocenters. The average Bonchev–Trinajstić information content (AvgIpc) is 1.98. The molecule has 0 aliphatic heterocycles. The molecule has 1 heteroatoms. The van der Waals surface area contributed by atoms with Crippen molar-refractivity contribution in [3.8, 4) is 11.8 Å². The minimum atomic E-state index is 0.755. The summed E-state index contributed by atoms with van der Waals surface area (Å²) in [6, 6.07) is 5.86. The summed E-state index contributed by atoms with van der Waals surface area (Å²) >= 11 is 0. The number of hydrogen-bond donors (Lipinski definition) is 0. The zero-order chi connectivity index (χ0) is 8.27. The van der Waals surface area contributed by atoms with E-state index in [9.17, 15) is 0 Å². The Hall–Kier alpha value is -1.16. The fourth-order valence-electron chi connectivity index (χ4n) is 0.913. The van der Waals surface area contributed by atoms with E-state index in [1.807, 2.05) is 32.0 Å². The molecule has 0 aliphatic rings. The van der Waals surface area contributed by atoms with E-state index in [1.54, 1.807) is 0 Å². The molecular formula is C10H9B. The van der Waals surface area contributed by atoms with Gasteiger partial charge in [0.1, 0.15) is 7.85 Å². The van der Waals surface area contributed by atoms with Crippen molar-refractivity contribution < 1.29 is 0 Å². The van der Waals surface area contributed by atoms with Crippen LogP contribution in [-0.4, -0.2) is 7.85 Å². The first-order valence-electron chi connectivity index (χ1n) is 3.53. The Kier molecular flexibility index (Phi) is 2.38. The highest BCUT2D eigenvalue weighted by molar-refractivity contribution is 6.33. The van der Waals surface area contributed by atoms with E-state index < -0.39 is 0 Å². The third-order valence-corrected chi connectivity index (χ3v) is 1.47. The smallest absolute Gasteiger partial charge is 0.101 e. The third-order valence-electron chi connectivity index (χ3n) is 1.47. The second-order valence-corrected chi connectivity index (χ2v) is 2.47. The molecule has 0 spiro atoms. The maximum Gasteiger partial charge on any atom is 0.115 e. The molecule has 0 fully saturated rings. The molecule has 52 valence electrons. The summed E-state index contributed by atoms with van der Waals surface area (Å²) in [6.07, 6.45) is 0. The van der Waals surface area contributed by atoms with Crippen LogP contribution in [0.25, 0.3) is 0 Å². The predicted molar refractivity (Wildman–Crippen MR) is 49.1 cm³/mol. The molecule has 2 radical (unpaired) electrons. The Balaban J connectivity index is 3.19. The summed E-state index contributed by atoms with van der Waals surface area (Å²) < 4.78 is 0. The molecule has 0 amide bonds. The van der Waals surface area contributed by atoms with E-state index in [-0.39, 0.29) is 0 Å². The van der Waals surface area contributed by atoms with E-state index in [2.05, 4.69) is 11.8 Å². The molecule has 1 aromatic rings. The summed E-state index contributed by atoms with van der Waals surface area (Å²) in [5, 5.41) is 0. The lowest BCUT2D eigenvalue weighted by atomic mass is 9.90. The average molecular weight is 140 g/mol. The van der Waals surface area contributed by atoms with E-state index in [1.165, 1.54) is 5.56 Å². The van der Waals surface area contributed by atoms with Crippen molar-refractivity contribution in [1.29, 1.82) is 0 Å². The molecule has 0 nitrogen and oxygen atoms in total. The van der Waals surface area contributed by atoms with Gasteiger partial charge >= 0.3 is 0 Å². The van der Waals surface area contributed by atoms with Crippen LogP contribution >= 0.6 is 0 Å². The van der Waals surface area contributed by atoms with Crippen LogP contribution in [-0.2, 0) is 0 Å². The Labute approximate surface area is 69.0 Å². The lowest BCUT2D eigenvalue weighted by Gasteiger charge is -1.98.